The van der Waals surface area contributed by atoms with E-state index >= 15 is 0 Å². The van der Waals surface area contributed by atoms with E-state index in [0.29, 0.717) is 12.1 Å². The van der Waals surface area contributed by atoms with E-state index < -0.39 is 0 Å². The normalized spacial score (nSPS) is 17.2. The first-order valence-corrected chi connectivity index (χ1v) is 8.08. The first-order valence-electron chi connectivity index (χ1n) is 8.08. The molecule has 120 valence electrons. The highest BCUT2D eigenvalue weighted by atomic mass is 16.5. The highest BCUT2D eigenvalue weighted by Gasteiger charge is 2.17. The van der Waals surface area contributed by atoms with Crippen molar-refractivity contribution in [1.29, 1.82) is 0 Å². The predicted molar refractivity (Wildman–Crippen MR) is 90.5 cm³/mol. The van der Waals surface area contributed by atoms with Gasteiger partial charge < -0.3 is 10.1 Å². The molecule has 3 rings (SSSR count). The molecule has 1 saturated heterocycles. The molecule has 4 heteroatoms. The molecule has 1 fully saturated rings. The zero-order valence-electron chi connectivity index (χ0n) is 13.6. The van der Waals surface area contributed by atoms with Crippen molar-refractivity contribution in [2.45, 2.75) is 32.8 Å². The third-order valence-corrected chi connectivity index (χ3v) is 4.19. The van der Waals surface area contributed by atoms with Gasteiger partial charge >= 0.3 is 0 Å². The van der Waals surface area contributed by atoms with Crippen molar-refractivity contribution in [2.75, 3.05) is 13.2 Å². The largest absolute Gasteiger partial charge is 0.376 e. The predicted octanol–water partition coefficient (Wildman–Crippen LogP) is 3.27. The number of hydrogen-bond donors (Lipinski definition) is 1. The maximum Gasteiger partial charge on any atom is 0.253 e. The highest BCUT2D eigenvalue weighted by molar-refractivity contribution is 5.95. The van der Waals surface area contributed by atoms with Gasteiger partial charge in [-0.2, -0.15) is 0 Å². The van der Waals surface area contributed by atoms with E-state index in [9.17, 15) is 4.79 Å². The van der Waals surface area contributed by atoms with Crippen molar-refractivity contribution in [3.05, 3.63) is 53.2 Å². The molecule has 2 heterocycles. The molecule has 0 saturated carbocycles. The Bertz CT molecular complexity index is 689. The Kier molecular flexibility index (Phi) is 4.72. The number of ether oxygens (including phenoxy) is 1. The van der Waals surface area contributed by atoms with Crippen molar-refractivity contribution in [1.82, 2.24) is 10.3 Å². The minimum Gasteiger partial charge on any atom is -0.376 e. The van der Waals surface area contributed by atoms with Gasteiger partial charge in [-0.05, 0) is 38.8 Å². The lowest BCUT2D eigenvalue weighted by Gasteiger charge is -2.12. The number of nitrogens with one attached hydrogen (secondary N) is 1. The number of carbonyl (C=O) groups excluding carboxylic acids is 1. The third-order valence-electron chi connectivity index (χ3n) is 4.19. The summed E-state index contributed by atoms with van der Waals surface area (Å²) in [6.45, 7) is 5.30. The number of aryl methyl sites for hydroxylation is 2. The molecule has 0 unspecified atom stereocenters. The molecular weight excluding hydrogens is 288 g/mol. The van der Waals surface area contributed by atoms with Crippen LogP contribution in [-0.2, 0) is 4.74 Å². The Balaban J connectivity index is 1.70. The number of pyridine rings is 1. The standard InChI is InChI=1S/C19H22N2O2/c1-13-5-7-15(8-6-13)18-10-9-17(14(2)21-18)19(22)20-12-16-4-3-11-23-16/h5-10,16H,3-4,11-12H2,1-2H3,(H,20,22)/t16-/m1/s1. The van der Waals surface area contributed by atoms with E-state index in [1.807, 2.05) is 31.2 Å². The van der Waals surface area contributed by atoms with Crippen LogP contribution in [0.3, 0.4) is 0 Å². The quantitative estimate of drug-likeness (QED) is 0.943. The number of aromatic nitrogens is 1. The smallest absolute Gasteiger partial charge is 0.253 e. The second-order valence-electron chi connectivity index (χ2n) is 6.04. The van der Waals surface area contributed by atoms with Crippen LogP contribution in [-0.4, -0.2) is 30.1 Å². The Hall–Kier alpha value is -2.20. The summed E-state index contributed by atoms with van der Waals surface area (Å²) in [4.78, 5) is 16.9. The summed E-state index contributed by atoms with van der Waals surface area (Å²) >= 11 is 0. The number of rotatable bonds is 4. The lowest BCUT2D eigenvalue weighted by Crippen LogP contribution is -2.32. The minimum atomic E-state index is -0.0824. The number of amides is 1. The number of carbonyl (C=O) groups is 1. The summed E-state index contributed by atoms with van der Waals surface area (Å²) in [5.41, 5.74) is 4.53. The first-order chi connectivity index (χ1) is 11.1. The van der Waals surface area contributed by atoms with Crippen LogP contribution in [0.25, 0.3) is 11.3 Å². The first kappa shape index (κ1) is 15.7. The molecule has 1 N–H and O–H groups in total. The van der Waals surface area contributed by atoms with Crippen LogP contribution in [0, 0.1) is 13.8 Å². The highest BCUT2D eigenvalue weighted by Crippen LogP contribution is 2.19. The van der Waals surface area contributed by atoms with Crippen LogP contribution in [0.5, 0.6) is 0 Å². The Labute approximate surface area is 136 Å². The van der Waals surface area contributed by atoms with E-state index in [0.717, 1.165) is 36.4 Å². The van der Waals surface area contributed by atoms with Crippen LogP contribution in [0.4, 0.5) is 0 Å². The van der Waals surface area contributed by atoms with Gasteiger partial charge in [-0.15, -0.1) is 0 Å². The summed E-state index contributed by atoms with van der Waals surface area (Å²) in [5, 5.41) is 2.94. The molecule has 1 aliphatic rings. The second kappa shape index (κ2) is 6.92. The van der Waals surface area contributed by atoms with Gasteiger partial charge in [0.1, 0.15) is 0 Å². The van der Waals surface area contributed by atoms with E-state index in [-0.39, 0.29) is 12.0 Å². The Morgan fingerprint density at radius 3 is 2.65 bits per heavy atom. The van der Waals surface area contributed by atoms with E-state index in [1.54, 1.807) is 0 Å². The zero-order chi connectivity index (χ0) is 16.2. The SMILES string of the molecule is Cc1ccc(-c2ccc(C(=O)NC[C@H]3CCCO3)c(C)n2)cc1. The van der Waals surface area contributed by atoms with Gasteiger partial charge in [0.25, 0.3) is 5.91 Å². The van der Waals surface area contributed by atoms with Crippen LogP contribution < -0.4 is 5.32 Å². The maximum atomic E-state index is 12.3. The summed E-state index contributed by atoms with van der Waals surface area (Å²) < 4.78 is 5.53. The van der Waals surface area contributed by atoms with Gasteiger partial charge in [-0.25, -0.2) is 0 Å². The lowest BCUT2D eigenvalue weighted by molar-refractivity contribution is 0.0857. The van der Waals surface area contributed by atoms with Crippen molar-refractivity contribution < 1.29 is 9.53 Å². The molecule has 1 aromatic carbocycles. The van der Waals surface area contributed by atoms with Gasteiger partial charge in [-0.3, -0.25) is 9.78 Å². The van der Waals surface area contributed by atoms with Gasteiger partial charge in [0.2, 0.25) is 0 Å². The van der Waals surface area contributed by atoms with Gasteiger partial charge in [0, 0.05) is 18.7 Å². The van der Waals surface area contributed by atoms with Crippen LogP contribution in [0.15, 0.2) is 36.4 Å². The molecule has 4 nitrogen and oxygen atoms in total. The molecule has 1 aliphatic heterocycles. The van der Waals surface area contributed by atoms with Crippen molar-refractivity contribution in [3.8, 4) is 11.3 Å². The zero-order valence-corrected chi connectivity index (χ0v) is 13.6. The molecule has 1 aromatic heterocycles. The van der Waals surface area contributed by atoms with Crippen molar-refractivity contribution >= 4 is 5.91 Å². The molecule has 23 heavy (non-hydrogen) atoms. The van der Waals surface area contributed by atoms with Gasteiger partial charge in [0.15, 0.2) is 0 Å². The van der Waals surface area contributed by atoms with Crippen LogP contribution >= 0.6 is 0 Å². The lowest BCUT2D eigenvalue weighted by atomic mass is 10.1. The molecule has 0 radical (unpaired) electrons. The van der Waals surface area contributed by atoms with Crippen molar-refractivity contribution in [3.63, 3.8) is 0 Å². The average molecular weight is 310 g/mol. The van der Waals surface area contributed by atoms with E-state index in [1.165, 1.54) is 5.56 Å². The van der Waals surface area contributed by atoms with Gasteiger partial charge in [0.05, 0.1) is 23.1 Å². The molecule has 0 aliphatic carbocycles. The molecule has 1 amide bonds. The molecule has 0 bridgehead atoms. The maximum absolute atomic E-state index is 12.3. The van der Waals surface area contributed by atoms with E-state index in [2.05, 4.69) is 29.4 Å². The molecule has 0 spiro atoms. The minimum absolute atomic E-state index is 0.0824. The monoisotopic (exact) mass is 310 g/mol. The molecular formula is C19H22N2O2. The Morgan fingerprint density at radius 2 is 2.00 bits per heavy atom. The van der Waals surface area contributed by atoms with Gasteiger partial charge in [-0.1, -0.05) is 29.8 Å². The fourth-order valence-electron chi connectivity index (χ4n) is 2.79. The van der Waals surface area contributed by atoms with Crippen LogP contribution in [0.2, 0.25) is 0 Å². The summed E-state index contributed by atoms with van der Waals surface area (Å²) in [6.07, 6.45) is 2.25. The average Bonchev–Trinajstić information content (AvgIpc) is 3.06. The summed E-state index contributed by atoms with van der Waals surface area (Å²) in [5.74, 6) is -0.0824. The van der Waals surface area contributed by atoms with Crippen LogP contribution in [0.1, 0.15) is 34.5 Å². The topological polar surface area (TPSA) is 51.2 Å². The number of hydrogen-bond acceptors (Lipinski definition) is 3. The second-order valence-corrected chi connectivity index (χ2v) is 6.04. The number of benzene rings is 1. The van der Waals surface area contributed by atoms with E-state index in [4.69, 9.17) is 4.74 Å². The molecule has 2 aromatic rings. The fraction of sp³-hybridized carbons (Fsp3) is 0.368. The summed E-state index contributed by atoms with van der Waals surface area (Å²) in [6, 6.07) is 12.0. The number of nitrogens with zero attached hydrogens (tertiary/aromatic N) is 1. The summed E-state index contributed by atoms with van der Waals surface area (Å²) in [7, 11) is 0. The Morgan fingerprint density at radius 1 is 1.22 bits per heavy atom. The molecule has 1 atom stereocenters. The van der Waals surface area contributed by atoms with Crippen molar-refractivity contribution in [2.24, 2.45) is 0 Å². The fourth-order valence-corrected chi connectivity index (χ4v) is 2.79. The third kappa shape index (κ3) is 3.77.